The Morgan fingerprint density at radius 1 is 1.15 bits per heavy atom. The van der Waals surface area contributed by atoms with E-state index >= 15 is 0 Å². The Bertz CT molecular complexity index is 913. The summed E-state index contributed by atoms with van der Waals surface area (Å²) in [6, 6.07) is 9.22. The number of hydrogen-bond donors (Lipinski definition) is 3. The molecule has 6 nitrogen and oxygen atoms in total. The van der Waals surface area contributed by atoms with Crippen molar-refractivity contribution in [1.82, 2.24) is 10.6 Å². The van der Waals surface area contributed by atoms with Crippen molar-refractivity contribution < 1.29 is 26.4 Å². The van der Waals surface area contributed by atoms with Gasteiger partial charge in [0.15, 0.2) is 0 Å². The first-order valence-electron chi connectivity index (χ1n) is 7.80. The Morgan fingerprint density at radius 3 is 2.33 bits per heavy atom. The summed E-state index contributed by atoms with van der Waals surface area (Å²) in [5.41, 5.74) is 0.271. The molecule has 0 aliphatic rings. The van der Waals surface area contributed by atoms with Gasteiger partial charge in [-0.05, 0) is 42.3 Å². The third-order valence-corrected chi connectivity index (χ3v) is 4.68. The number of urea groups is 1. The van der Waals surface area contributed by atoms with Gasteiger partial charge in [-0.1, -0.05) is 24.3 Å². The largest absolute Gasteiger partial charge is 0.416 e. The van der Waals surface area contributed by atoms with Crippen LogP contribution in [0.3, 0.4) is 0 Å². The van der Waals surface area contributed by atoms with Crippen LogP contribution in [0.4, 0.5) is 18.0 Å². The second-order valence-electron chi connectivity index (χ2n) is 5.86. The highest BCUT2D eigenvalue weighted by Gasteiger charge is 2.29. The van der Waals surface area contributed by atoms with Gasteiger partial charge < -0.3 is 10.6 Å². The lowest BCUT2D eigenvalue weighted by Crippen LogP contribution is -2.36. The van der Waals surface area contributed by atoms with E-state index in [1.807, 2.05) is 0 Å². The van der Waals surface area contributed by atoms with Gasteiger partial charge >= 0.3 is 12.2 Å². The monoisotopic (exact) mass is 401 g/mol. The molecule has 0 radical (unpaired) electrons. The fourth-order valence-corrected chi connectivity index (χ4v) is 2.85. The highest BCUT2D eigenvalue weighted by molar-refractivity contribution is 7.89. The van der Waals surface area contributed by atoms with E-state index in [1.165, 1.54) is 30.3 Å². The first-order valence-corrected chi connectivity index (χ1v) is 9.35. The summed E-state index contributed by atoms with van der Waals surface area (Å²) in [5.74, 6) is 0. The molecule has 0 aromatic heterocycles. The van der Waals surface area contributed by atoms with Crippen LogP contribution >= 0.6 is 0 Å². The first kappa shape index (κ1) is 20.7. The zero-order valence-corrected chi connectivity index (χ0v) is 15.1. The van der Waals surface area contributed by atoms with Crippen LogP contribution in [0.1, 0.15) is 29.7 Å². The second-order valence-corrected chi connectivity index (χ2v) is 7.42. The summed E-state index contributed by atoms with van der Waals surface area (Å²) in [6.07, 6.45) is -4.41. The Hall–Kier alpha value is -2.59. The van der Waals surface area contributed by atoms with Gasteiger partial charge in [-0.2, -0.15) is 13.2 Å². The molecular formula is C17H18F3N3O3S. The van der Waals surface area contributed by atoms with Crippen LogP contribution < -0.4 is 15.8 Å². The number of nitrogens with two attached hydrogens (primary N) is 1. The molecule has 146 valence electrons. The number of halogens is 3. The smallest absolute Gasteiger partial charge is 0.334 e. The molecule has 2 aromatic rings. The zero-order chi connectivity index (χ0) is 20.2. The van der Waals surface area contributed by atoms with E-state index in [9.17, 15) is 26.4 Å². The van der Waals surface area contributed by atoms with Gasteiger partial charge in [-0.25, -0.2) is 18.4 Å². The van der Waals surface area contributed by atoms with E-state index in [-0.39, 0.29) is 11.4 Å². The molecule has 0 bridgehead atoms. The highest BCUT2D eigenvalue weighted by atomic mass is 32.2. The van der Waals surface area contributed by atoms with Gasteiger partial charge in [0, 0.05) is 6.54 Å². The van der Waals surface area contributed by atoms with Crippen LogP contribution in [0.2, 0.25) is 0 Å². The van der Waals surface area contributed by atoms with E-state index in [1.54, 1.807) is 13.0 Å². The van der Waals surface area contributed by atoms with Crippen LogP contribution in [0, 0.1) is 0 Å². The summed E-state index contributed by atoms with van der Waals surface area (Å²) < 4.78 is 60.3. The molecule has 0 fully saturated rings. The van der Waals surface area contributed by atoms with Gasteiger partial charge in [-0.15, -0.1) is 0 Å². The fourth-order valence-electron chi connectivity index (χ4n) is 2.29. The molecule has 1 unspecified atom stereocenters. The third-order valence-electron chi connectivity index (χ3n) is 3.77. The quantitative estimate of drug-likeness (QED) is 0.718. The Morgan fingerprint density at radius 2 is 1.78 bits per heavy atom. The summed E-state index contributed by atoms with van der Waals surface area (Å²) in [6.45, 7) is 1.69. The number of alkyl halides is 3. The predicted octanol–water partition coefficient (Wildman–Crippen LogP) is 2.91. The molecule has 2 amide bonds. The van der Waals surface area contributed by atoms with Gasteiger partial charge in [0.1, 0.15) is 0 Å². The minimum atomic E-state index is -4.41. The topological polar surface area (TPSA) is 101 Å². The summed E-state index contributed by atoms with van der Waals surface area (Å²) in [4.78, 5) is 11.9. The van der Waals surface area contributed by atoms with Crippen LogP contribution in [0.5, 0.6) is 0 Å². The summed E-state index contributed by atoms with van der Waals surface area (Å²) in [7, 11) is -3.86. The number of benzene rings is 2. The number of primary sulfonamides is 1. The molecule has 1 atom stereocenters. The predicted molar refractivity (Wildman–Crippen MR) is 93.0 cm³/mol. The molecule has 0 saturated carbocycles. The lowest BCUT2D eigenvalue weighted by Gasteiger charge is -2.16. The number of carbonyl (C=O) groups excluding carboxylic acids is 1. The average molecular weight is 401 g/mol. The second kappa shape index (κ2) is 7.97. The van der Waals surface area contributed by atoms with Crippen LogP contribution in [0.25, 0.3) is 0 Å². The van der Waals surface area contributed by atoms with Gasteiger partial charge in [0.2, 0.25) is 10.0 Å². The Kier molecular flexibility index (Phi) is 6.11. The van der Waals surface area contributed by atoms with E-state index < -0.39 is 33.8 Å². The van der Waals surface area contributed by atoms with Crippen molar-refractivity contribution in [1.29, 1.82) is 0 Å². The number of nitrogens with one attached hydrogen (secondary N) is 2. The summed E-state index contributed by atoms with van der Waals surface area (Å²) >= 11 is 0. The van der Waals surface area contributed by atoms with Crippen molar-refractivity contribution in [2.75, 3.05) is 0 Å². The molecule has 0 spiro atoms. The fraction of sp³-hybridized carbons (Fsp3) is 0.235. The van der Waals surface area contributed by atoms with E-state index in [2.05, 4.69) is 10.6 Å². The normalized spacial score (nSPS) is 13.1. The zero-order valence-electron chi connectivity index (χ0n) is 14.2. The maximum absolute atomic E-state index is 12.5. The van der Waals surface area contributed by atoms with Crippen molar-refractivity contribution in [2.24, 2.45) is 5.14 Å². The van der Waals surface area contributed by atoms with Crippen LogP contribution in [0.15, 0.2) is 53.4 Å². The molecule has 0 aliphatic carbocycles. The molecule has 27 heavy (non-hydrogen) atoms. The average Bonchev–Trinajstić information content (AvgIpc) is 2.59. The number of sulfonamides is 1. The molecule has 2 aromatic carbocycles. The number of amides is 2. The molecule has 0 saturated heterocycles. The molecule has 4 N–H and O–H groups in total. The third kappa shape index (κ3) is 5.97. The Balaban J connectivity index is 1.94. The first-order chi connectivity index (χ1) is 12.5. The van der Waals surface area contributed by atoms with Gasteiger partial charge in [0.05, 0.1) is 16.5 Å². The molecular weight excluding hydrogens is 383 g/mol. The van der Waals surface area contributed by atoms with Crippen molar-refractivity contribution in [3.05, 3.63) is 65.2 Å². The maximum atomic E-state index is 12.5. The van der Waals surface area contributed by atoms with E-state index in [0.29, 0.717) is 11.1 Å². The van der Waals surface area contributed by atoms with Crippen molar-refractivity contribution in [3.63, 3.8) is 0 Å². The van der Waals surface area contributed by atoms with Crippen LogP contribution in [-0.4, -0.2) is 14.4 Å². The van der Waals surface area contributed by atoms with Crippen LogP contribution in [-0.2, 0) is 22.7 Å². The van der Waals surface area contributed by atoms with Crippen molar-refractivity contribution in [3.8, 4) is 0 Å². The SMILES string of the molecule is CC(NC(=O)NCc1ccc(C(F)(F)F)cc1)c1cccc(S(N)(=O)=O)c1. The van der Waals surface area contributed by atoms with Crippen molar-refractivity contribution in [2.45, 2.75) is 30.6 Å². The van der Waals surface area contributed by atoms with E-state index in [4.69, 9.17) is 5.14 Å². The van der Waals surface area contributed by atoms with Crippen molar-refractivity contribution >= 4 is 16.1 Å². The molecule has 10 heteroatoms. The molecule has 2 rings (SSSR count). The number of hydrogen-bond acceptors (Lipinski definition) is 3. The minimum Gasteiger partial charge on any atom is -0.334 e. The van der Waals surface area contributed by atoms with Gasteiger partial charge in [-0.3, -0.25) is 0 Å². The minimum absolute atomic E-state index is 0.0356. The maximum Gasteiger partial charge on any atom is 0.416 e. The number of rotatable bonds is 5. The van der Waals surface area contributed by atoms with E-state index in [0.717, 1.165) is 12.1 Å². The number of carbonyl (C=O) groups is 1. The molecule has 0 aliphatic heterocycles. The Labute approximate surface area is 154 Å². The standard InChI is InChI=1S/C17H18F3N3O3S/c1-11(13-3-2-4-15(9-13)27(21,25)26)23-16(24)22-10-12-5-7-14(8-6-12)17(18,19)20/h2-9,11H,10H2,1H3,(H2,21,25,26)(H2,22,23,24). The summed E-state index contributed by atoms with van der Waals surface area (Å²) in [5, 5.41) is 10.2. The molecule has 0 heterocycles. The van der Waals surface area contributed by atoms with Gasteiger partial charge in [0.25, 0.3) is 0 Å². The lowest BCUT2D eigenvalue weighted by molar-refractivity contribution is -0.137. The lowest BCUT2D eigenvalue weighted by atomic mass is 10.1. The highest BCUT2D eigenvalue weighted by Crippen LogP contribution is 2.29.